The van der Waals surface area contributed by atoms with Crippen molar-refractivity contribution in [2.24, 2.45) is 0 Å². The van der Waals surface area contributed by atoms with Gasteiger partial charge in [-0.05, 0) is 23.8 Å². The van der Waals surface area contributed by atoms with Crippen molar-refractivity contribution in [3.05, 3.63) is 72.2 Å². The maximum atomic E-state index is 13.0. The third-order valence-corrected chi connectivity index (χ3v) is 5.23. The number of nitrogens with two attached hydrogens (primary N) is 1. The van der Waals surface area contributed by atoms with Crippen LogP contribution in [0, 0.1) is 0 Å². The van der Waals surface area contributed by atoms with Gasteiger partial charge in [0, 0.05) is 29.2 Å². The van der Waals surface area contributed by atoms with Gasteiger partial charge in [0.25, 0.3) is 5.91 Å². The van der Waals surface area contributed by atoms with Gasteiger partial charge in [0.2, 0.25) is 11.9 Å². The van der Waals surface area contributed by atoms with Gasteiger partial charge in [-0.3, -0.25) is 9.69 Å². The van der Waals surface area contributed by atoms with Crippen molar-refractivity contribution >= 4 is 40.4 Å². The molecule has 10 nitrogen and oxygen atoms in total. The first-order chi connectivity index (χ1) is 15.6. The number of aromatic amines is 1. The topological polar surface area (TPSA) is 142 Å². The molecule has 3 amide bonds. The molecule has 1 aliphatic rings. The Bertz CT molecular complexity index is 1300. The number of carbonyl (C=O) groups is 2. The second-order valence-corrected chi connectivity index (χ2v) is 7.41. The van der Waals surface area contributed by atoms with Crippen LogP contribution in [0.25, 0.3) is 10.9 Å². The minimum Gasteiger partial charge on any atom is -0.368 e. The Morgan fingerprint density at radius 3 is 2.62 bits per heavy atom. The minimum absolute atomic E-state index is 0.00386. The summed E-state index contributed by atoms with van der Waals surface area (Å²) in [4.78, 5) is 42.2. The van der Waals surface area contributed by atoms with Crippen LogP contribution in [0.3, 0.4) is 0 Å². The maximum absolute atomic E-state index is 13.0. The largest absolute Gasteiger partial charge is 0.368 e. The van der Waals surface area contributed by atoms with E-state index in [2.05, 4.69) is 30.6 Å². The van der Waals surface area contributed by atoms with E-state index in [0.29, 0.717) is 6.42 Å². The summed E-state index contributed by atoms with van der Waals surface area (Å²) in [7, 11) is 0. The van der Waals surface area contributed by atoms with Crippen LogP contribution in [-0.4, -0.2) is 42.8 Å². The summed E-state index contributed by atoms with van der Waals surface area (Å²) in [6, 6.07) is 16.0. The molecule has 1 fully saturated rings. The highest BCUT2D eigenvalue weighted by atomic mass is 16.2. The average molecular weight is 428 g/mol. The standard InChI is InChI=1S/C22H20N8O2/c23-20-27-18(28-21(29-20)25-14-6-2-1-3-7-14)12-30-19(31)17(26-22(30)32)10-13-11-24-16-9-5-4-8-15(13)16/h1-9,11,17,24H,10,12H2,(H,26,32)(H3,23,25,27,28,29)/t17-/m1/s1. The van der Waals surface area contributed by atoms with Crippen molar-refractivity contribution < 1.29 is 9.59 Å². The number of nitrogens with zero attached hydrogens (tertiary/aromatic N) is 4. The SMILES string of the molecule is Nc1nc(CN2C(=O)N[C@H](Cc3c[nH]c4ccccc34)C2=O)nc(Nc2ccccc2)n1. The Kier molecular flexibility index (Phi) is 4.86. The molecule has 2 aromatic carbocycles. The lowest BCUT2D eigenvalue weighted by molar-refractivity contribution is -0.127. The van der Waals surface area contributed by atoms with Gasteiger partial charge in [-0.1, -0.05) is 36.4 Å². The normalized spacial score (nSPS) is 15.9. The number of rotatable bonds is 6. The van der Waals surface area contributed by atoms with Gasteiger partial charge in [0.15, 0.2) is 5.82 Å². The van der Waals surface area contributed by atoms with E-state index < -0.39 is 12.1 Å². The third-order valence-electron chi connectivity index (χ3n) is 5.23. The number of hydrogen-bond donors (Lipinski definition) is 4. The van der Waals surface area contributed by atoms with Gasteiger partial charge in [-0.2, -0.15) is 15.0 Å². The van der Waals surface area contributed by atoms with Crippen molar-refractivity contribution in [2.75, 3.05) is 11.1 Å². The number of urea groups is 1. The molecule has 4 aromatic rings. The van der Waals surface area contributed by atoms with Gasteiger partial charge in [0.05, 0.1) is 6.54 Å². The van der Waals surface area contributed by atoms with E-state index in [4.69, 9.17) is 5.73 Å². The Labute approximate surface area is 182 Å². The number of para-hydroxylation sites is 2. The van der Waals surface area contributed by atoms with Gasteiger partial charge in [-0.25, -0.2) is 4.79 Å². The number of amides is 3. The number of fused-ring (bicyclic) bond motifs is 1. The number of anilines is 3. The van der Waals surface area contributed by atoms with Crippen molar-refractivity contribution in [1.82, 2.24) is 30.2 Å². The molecule has 2 aromatic heterocycles. The van der Waals surface area contributed by atoms with E-state index in [1.54, 1.807) is 0 Å². The molecule has 3 heterocycles. The molecule has 32 heavy (non-hydrogen) atoms. The highest BCUT2D eigenvalue weighted by molar-refractivity contribution is 6.04. The first-order valence-electron chi connectivity index (χ1n) is 10.1. The molecule has 1 saturated heterocycles. The molecule has 0 radical (unpaired) electrons. The molecule has 0 spiro atoms. The Morgan fingerprint density at radius 1 is 1.00 bits per heavy atom. The first-order valence-corrected chi connectivity index (χ1v) is 10.1. The first kappa shape index (κ1) is 19.5. The molecule has 160 valence electrons. The van der Waals surface area contributed by atoms with Crippen LogP contribution >= 0.6 is 0 Å². The number of carbonyl (C=O) groups excluding carboxylic acids is 2. The van der Waals surface area contributed by atoms with E-state index in [9.17, 15) is 9.59 Å². The van der Waals surface area contributed by atoms with E-state index in [1.807, 2.05) is 60.8 Å². The predicted octanol–water partition coefficient (Wildman–Crippen LogP) is 2.34. The quantitative estimate of drug-likeness (QED) is 0.345. The molecule has 5 rings (SSSR count). The van der Waals surface area contributed by atoms with Crippen molar-refractivity contribution in [3.63, 3.8) is 0 Å². The zero-order valence-corrected chi connectivity index (χ0v) is 16.9. The summed E-state index contributed by atoms with van der Waals surface area (Å²) < 4.78 is 0. The fourth-order valence-corrected chi connectivity index (χ4v) is 3.74. The number of hydrogen-bond acceptors (Lipinski definition) is 7. The lowest BCUT2D eigenvalue weighted by atomic mass is 10.1. The molecule has 1 aliphatic heterocycles. The zero-order valence-electron chi connectivity index (χ0n) is 16.9. The van der Waals surface area contributed by atoms with Crippen LogP contribution < -0.4 is 16.4 Å². The summed E-state index contributed by atoms with van der Waals surface area (Å²) in [6.07, 6.45) is 2.24. The third kappa shape index (κ3) is 3.81. The number of imide groups is 1. The van der Waals surface area contributed by atoms with Crippen molar-refractivity contribution in [2.45, 2.75) is 19.0 Å². The number of H-pyrrole nitrogens is 1. The van der Waals surface area contributed by atoms with E-state index in [1.165, 1.54) is 0 Å². The smallest absolute Gasteiger partial charge is 0.325 e. The molecule has 0 bridgehead atoms. The van der Waals surface area contributed by atoms with Gasteiger partial charge in [0.1, 0.15) is 6.04 Å². The second kappa shape index (κ2) is 7.99. The average Bonchev–Trinajstić information content (AvgIpc) is 3.30. The monoisotopic (exact) mass is 428 g/mol. The van der Waals surface area contributed by atoms with Gasteiger partial charge < -0.3 is 21.4 Å². The molecule has 0 unspecified atom stereocenters. The molecule has 0 saturated carbocycles. The van der Waals surface area contributed by atoms with Crippen LogP contribution in [0.4, 0.5) is 22.4 Å². The van der Waals surface area contributed by atoms with Gasteiger partial charge >= 0.3 is 6.03 Å². The maximum Gasteiger partial charge on any atom is 0.325 e. The predicted molar refractivity (Wildman–Crippen MR) is 119 cm³/mol. The van der Waals surface area contributed by atoms with E-state index in [-0.39, 0.29) is 30.2 Å². The number of nitrogen functional groups attached to an aromatic ring is 1. The Hall–Kier alpha value is -4.47. The molecule has 0 aliphatic carbocycles. The van der Waals surface area contributed by atoms with E-state index >= 15 is 0 Å². The van der Waals surface area contributed by atoms with Crippen LogP contribution in [0.1, 0.15) is 11.4 Å². The van der Waals surface area contributed by atoms with Gasteiger partial charge in [-0.15, -0.1) is 0 Å². The molecular weight excluding hydrogens is 408 g/mol. The highest BCUT2D eigenvalue weighted by Crippen LogP contribution is 2.22. The number of benzene rings is 2. The Balaban J connectivity index is 1.32. The highest BCUT2D eigenvalue weighted by Gasteiger charge is 2.38. The Morgan fingerprint density at radius 2 is 1.78 bits per heavy atom. The summed E-state index contributed by atoms with van der Waals surface area (Å²) in [6.45, 7) is -0.106. The molecule has 10 heteroatoms. The second-order valence-electron chi connectivity index (χ2n) is 7.41. The summed E-state index contributed by atoms with van der Waals surface area (Å²) in [5.41, 5.74) is 8.53. The van der Waals surface area contributed by atoms with Crippen molar-refractivity contribution in [1.29, 1.82) is 0 Å². The summed E-state index contributed by atoms with van der Waals surface area (Å²) in [5.74, 6) is 0.112. The van der Waals surface area contributed by atoms with Crippen LogP contribution in [-0.2, 0) is 17.8 Å². The fraction of sp³-hybridized carbons (Fsp3) is 0.136. The number of aromatic nitrogens is 4. The number of nitrogens with one attached hydrogen (secondary N) is 3. The van der Waals surface area contributed by atoms with Crippen LogP contribution in [0.2, 0.25) is 0 Å². The lowest BCUT2D eigenvalue weighted by Crippen LogP contribution is -2.32. The molecule has 1 atom stereocenters. The lowest BCUT2D eigenvalue weighted by Gasteiger charge is -2.13. The van der Waals surface area contributed by atoms with E-state index in [0.717, 1.165) is 27.1 Å². The zero-order chi connectivity index (χ0) is 22.1. The minimum atomic E-state index is -0.664. The van der Waals surface area contributed by atoms with Crippen LogP contribution in [0.5, 0.6) is 0 Å². The van der Waals surface area contributed by atoms with Crippen molar-refractivity contribution in [3.8, 4) is 0 Å². The molecular formula is C22H20N8O2. The molecule has 5 N–H and O–H groups in total. The van der Waals surface area contributed by atoms with Crippen LogP contribution in [0.15, 0.2) is 60.8 Å². The fourth-order valence-electron chi connectivity index (χ4n) is 3.74. The summed E-state index contributed by atoms with van der Waals surface area (Å²) in [5, 5.41) is 6.81. The summed E-state index contributed by atoms with van der Waals surface area (Å²) >= 11 is 0.